The molecule has 0 spiro atoms. The number of hydrogen-bond acceptors (Lipinski definition) is 3. The number of rotatable bonds is 3. The number of para-hydroxylation sites is 2. The number of fused-ring (bicyclic) bond motifs is 12. The first-order valence-corrected chi connectivity index (χ1v) is 17.9. The van der Waals surface area contributed by atoms with Crippen molar-refractivity contribution in [3.8, 4) is 22.3 Å². The van der Waals surface area contributed by atoms with E-state index >= 15 is 0 Å². The van der Waals surface area contributed by atoms with Gasteiger partial charge in [0.1, 0.15) is 22.3 Å². The largest absolute Gasteiger partial charge is 0.456 e. The fraction of sp³-hybridized carbons (Fsp3) is 0.0417. The maximum absolute atomic E-state index is 6.11. The van der Waals surface area contributed by atoms with Gasteiger partial charge in [-0.25, -0.2) is 0 Å². The highest BCUT2D eigenvalue weighted by Crippen LogP contribution is 2.44. The zero-order valence-electron chi connectivity index (χ0n) is 28.0. The summed E-state index contributed by atoms with van der Waals surface area (Å²) in [5, 5.41) is 10.8. The van der Waals surface area contributed by atoms with Gasteiger partial charge in [-0.3, -0.25) is 0 Å². The van der Waals surface area contributed by atoms with E-state index in [1.807, 2.05) is 24.3 Å². The Morgan fingerprint density at radius 2 is 0.962 bits per heavy atom. The van der Waals surface area contributed by atoms with Crippen LogP contribution in [0, 0.1) is 0 Å². The van der Waals surface area contributed by atoms with E-state index in [1.54, 1.807) is 0 Å². The molecule has 0 fully saturated rings. The number of nitrogens with one attached hydrogen (secondary N) is 2. The molecule has 0 radical (unpaired) electrons. The minimum Gasteiger partial charge on any atom is -0.456 e. The van der Waals surface area contributed by atoms with Crippen LogP contribution in [0.2, 0.25) is 0 Å². The van der Waals surface area contributed by atoms with Gasteiger partial charge in [0.25, 0.3) is 0 Å². The molecule has 10 aromatic rings. The number of anilines is 1. The molecule has 1 aliphatic carbocycles. The van der Waals surface area contributed by atoms with Gasteiger partial charge < -0.3 is 19.1 Å². The Hall–Kier alpha value is -6.78. The third kappa shape index (κ3) is 4.09. The lowest BCUT2D eigenvalue weighted by Crippen LogP contribution is -2.18. The Morgan fingerprint density at radius 1 is 0.442 bits per heavy atom. The molecular weight excluding hydrogens is 637 g/mol. The predicted molar refractivity (Wildman–Crippen MR) is 215 cm³/mol. The van der Waals surface area contributed by atoms with Gasteiger partial charge >= 0.3 is 0 Å². The van der Waals surface area contributed by atoms with Crippen LogP contribution in [0.15, 0.2) is 167 Å². The molecule has 4 nitrogen and oxygen atoms in total. The molecular formula is C48H30N2O2. The molecule has 0 saturated carbocycles. The van der Waals surface area contributed by atoms with E-state index in [1.165, 1.54) is 55.4 Å². The van der Waals surface area contributed by atoms with Crippen LogP contribution in [-0.4, -0.2) is 11.0 Å². The highest BCUT2D eigenvalue weighted by Gasteiger charge is 2.31. The topological polar surface area (TPSA) is 54.1 Å². The van der Waals surface area contributed by atoms with Crippen molar-refractivity contribution in [2.24, 2.45) is 0 Å². The van der Waals surface area contributed by atoms with Gasteiger partial charge in [0, 0.05) is 55.0 Å². The number of allylic oxidation sites excluding steroid dienone is 2. The lowest BCUT2D eigenvalue weighted by molar-refractivity contribution is 0.668. The first kappa shape index (κ1) is 28.0. The van der Waals surface area contributed by atoms with Crippen molar-refractivity contribution in [3.63, 3.8) is 0 Å². The van der Waals surface area contributed by atoms with Gasteiger partial charge in [0.2, 0.25) is 0 Å². The molecule has 4 heteroatoms. The van der Waals surface area contributed by atoms with Crippen LogP contribution in [0.4, 0.5) is 5.69 Å². The second-order valence-corrected chi connectivity index (χ2v) is 14.2. The zero-order valence-corrected chi connectivity index (χ0v) is 28.0. The van der Waals surface area contributed by atoms with Crippen LogP contribution in [0.3, 0.4) is 0 Å². The van der Waals surface area contributed by atoms with Gasteiger partial charge in [0.15, 0.2) is 0 Å². The minimum absolute atomic E-state index is 0.237. The van der Waals surface area contributed by atoms with Crippen LogP contribution < -0.4 is 5.32 Å². The van der Waals surface area contributed by atoms with Crippen LogP contribution >= 0.6 is 0 Å². The monoisotopic (exact) mass is 666 g/mol. The summed E-state index contributed by atoms with van der Waals surface area (Å²) in [5.74, 6) is 0.246. The Balaban J connectivity index is 0.915. The van der Waals surface area contributed by atoms with E-state index in [4.69, 9.17) is 8.83 Å². The SMILES string of the molecule is C1=CC2Nc3ccc(-c4ccc5[nH]c6ccc(-c7ccc8oc9ccccc9c8c7)cc6c5c4)cc3C2C=C1c1ccc2oc3ccccc3c2c1. The second-order valence-electron chi connectivity index (χ2n) is 14.2. The van der Waals surface area contributed by atoms with E-state index in [0.717, 1.165) is 54.9 Å². The fourth-order valence-corrected chi connectivity index (χ4v) is 8.69. The number of furan rings is 2. The lowest BCUT2D eigenvalue weighted by atomic mass is 9.85. The smallest absolute Gasteiger partial charge is 0.135 e. The summed E-state index contributed by atoms with van der Waals surface area (Å²) in [6, 6.07) is 50.3. The van der Waals surface area contributed by atoms with Crippen molar-refractivity contribution in [3.05, 3.63) is 169 Å². The van der Waals surface area contributed by atoms with Crippen molar-refractivity contribution in [1.82, 2.24) is 4.98 Å². The van der Waals surface area contributed by atoms with Crippen molar-refractivity contribution >= 4 is 76.9 Å². The summed E-state index contributed by atoms with van der Waals surface area (Å²) < 4.78 is 12.2. The summed E-state index contributed by atoms with van der Waals surface area (Å²) in [4.78, 5) is 3.66. The summed E-state index contributed by atoms with van der Waals surface area (Å²) in [7, 11) is 0. The average molecular weight is 667 g/mol. The minimum atomic E-state index is 0.237. The van der Waals surface area contributed by atoms with Gasteiger partial charge in [-0.15, -0.1) is 0 Å². The third-order valence-electron chi connectivity index (χ3n) is 11.3. The quantitative estimate of drug-likeness (QED) is 0.197. The summed E-state index contributed by atoms with van der Waals surface area (Å²) in [6.07, 6.45) is 7.02. The van der Waals surface area contributed by atoms with Gasteiger partial charge in [-0.1, -0.05) is 85.0 Å². The average Bonchev–Trinajstić information content (AvgIpc) is 3.96. The molecule has 2 aliphatic rings. The van der Waals surface area contributed by atoms with Crippen molar-refractivity contribution < 1.29 is 8.83 Å². The number of H-pyrrole nitrogens is 1. The van der Waals surface area contributed by atoms with Crippen LogP contribution in [-0.2, 0) is 0 Å². The zero-order chi connectivity index (χ0) is 33.9. The number of aromatic amines is 1. The molecule has 2 atom stereocenters. The molecule has 2 unspecified atom stereocenters. The normalized spacial score (nSPS) is 16.7. The maximum Gasteiger partial charge on any atom is 0.135 e. The van der Waals surface area contributed by atoms with E-state index in [9.17, 15) is 0 Å². The van der Waals surface area contributed by atoms with E-state index < -0.39 is 0 Å². The number of hydrogen-bond donors (Lipinski definition) is 2. The molecule has 12 rings (SSSR count). The Morgan fingerprint density at radius 3 is 1.63 bits per heavy atom. The molecule has 2 N–H and O–H groups in total. The molecule has 7 aromatic carbocycles. The molecule has 3 aromatic heterocycles. The van der Waals surface area contributed by atoms with Gasteiger partial charge in [-0.05, 0) is 112 Å². The molecule has 52 heavy (non-hydrogen) atoms. The maximum atomic E-state index is 6.11. The third-order valence-corrected chi connectivity index (χ3v) is 11.3. The highest BCUT2D eigenvalue weighted by atomic mass is 16.3. The Bertz CT molecular complexity index is 3190. The van der Waals surface area contributed by atoms with Gasteiger partial charge in [0.05, 0.1) is 6.04 Å². The van der Waals surface area contributed by atoms with E-state index in [0.29, 0.717) is 0 Å². The van der Waals surface area contributed by atoms with Crippen molar-refractivity contribution in [2.45, 2.75) is 12.0 Å². The molecule has 0 amide bonds. The summed E-state index contributed by atoms with van der Waals surface area (Å²) >= 11 is 0. The van der Waals surface area contributed by atoms with Crippen LogP contribution in [0.5, 0.6) is 0 Å². The van der Waals surface area contributed by atoms with Crippen molar-refractivity contribution in [2.75, 3.05) is 5.32 Å². The van der Waals surface area contributed by atoms with E-state index in [-0.39, 0.29) is 12.0 Å². The highest BCUT2D eigenvalue weighted by molar-refractivity contribution is 6.11. The molecule has 244 valence electrons. The molecule has 0 saturated heterocycles. The fourth-order valence-electron chi connectivity index (χ4n) is 8.69. The van der Waals surface area contributed by atoms with Gasteiger partial charge in [-0.2, -0.15) is 0 Å². The lowest BCUT2D eigenvalue weighted by Gasteiger charge is -2.20. The van der Waals surface area contributed by atoms with Crippen LogP contribution in [0.1, 0.15) is 17.0 Å². The summed E-state index contributed by atoms with van der Waals surface area (Å²) in [6.45, 7) is 0. The summed E-state index contributed by atoms with van der Waals surface area (Å²) in [5.41, 5.74) is 15.8. The molecule has 4 heterocycles. The Kier molecular flexibility index (Phi) is 5.58. The molecule has 1 aliphatic heterocycles. The van der Waals surface area contributed by atoms with Crippen LogP contribution in [0.25, 0.3) is 93.5 Å². The Labute approximate surface area is 298 Å². The van der Waals surface area contributed by atoms with Crippen molar-refractivity contribution in [1.29, 1.82) is 0 Å². The molecule has 0 bridgehead atoms. The predicted octanol–water partition coefficient (Wildman–Crippen LogP) is 13.0. The standard InChI is InChI=1S/C48H30N2O2/c1-3-7-45-33(5-1)39-25-31(13-19-47(39)51-45)29-11-17-43-37(23-29)35-21-27(9-15-41(35)49-43)28-10-16-42-36(22-28)38-24-30(12-18-44(38)50-42)32-14-20-48-40(26-32)34-6-2-4-8-46(34)52-48/h1-26,37,43,49-50H. The first-order chi connectivity index (χ1) is 25.7. The van der Waals surface area contributed by atoms with E-state index in [2.05, 4.69) is 144 Å². The first-order valence-electron chi connectivity index (χ1n) is 17.9. The number of aromatic nitrogens is 1. The second kappa shape index (κ2) is 10.4. The number of benzene rings is 7.